The number of nitrogens with one attached hydrogen (secondary N) is 2. The molecular formula is C22H22F3N3O4. The van der Waals surface area contributed by atoms with Crippen LogP contribution in [0.15, 0.2) is 41.2 Å². The maximum absolute atomic E-state index is 12.6. The minimum Gasteiger partial charge on any atom is -0.406 e. The highest BCUT2D eigenvalue weighted by Crippen LogP contribution is 2.31. The van der Waals surface area contributed by atoms with Crippen LogP contribution >= 0.6 is 0 Å². The number of hydrogen-bond acceptors (Lipinski definition) is 5. The fourth-order valence-electron chi connectivity index (χ4n) is 3.29. The number of ether oxygens (including phenoxy) is 1. The van der Waals surface area contributed by atoms with Gasteiger partial charge in [-0.25, -0.2) is 4.98 Å². The molecule has 3 N–H and O–H groups in total. The van der Waals surface area contributed by atoms with Crippen LogP contribution in [0.2, 0.25) is 0 Å². The number of alkyl halides is 3. The Hall–Kier alpha value is -3.40. The first-order valence-electron chi connectivity index (χ1n) is 9.88. The molecule has 0 aliphatic carbocycles. The third kappa shape index (κ3) is 5.64. The molecule has 0 spiro atoms. The molecule has 0 aliphatic rings. The second-order valence-electron chi connectivity index (χ2n) is 7.47. The van der Waals surface area contributed by atoms with Gasteiger partial charge in [-0.1, -0.05) is 26.0 Å². The monoisotopic (exact) mass is 449 g/mol. The highest BCUT2D eigenvalue weighted by atomic mass is 19.4. The van der Waals surface area contributed by atoms with Gasteiger partial charge in [0, 0.05) is 12.5 Å². The number of carbonyl (C=O) groups excluding carboxylic acids is 1. The highest BCUT2D eigenvalue weighted by Gasteiger charge is 2.31. The molecule has 1 aromatic heterocycles. The van der Waals surface area contributed by atoms with Gasteiger partial charge in [0.2, 0.25) is 5.91 Å². The largest absolute Gasteiger partial charge is 0.573 e. The van der Waals surface area contributed by atoms with Crippen LogP contribution in [0.25, 0.3) is 22.2 Å². The third-order valence-electron chi connectivity index (χ3n) is 4.71. The fourth-order valence-corrected chi connectivity index (χ4v) is 3.29. The summed E-state index contributed by atoms with van der Waals surface area (Å²) in [5, 5.41) is 11.4. The molecule has 0 atom stereocenters. The molecule has 10 heteroatoms. The molecule has 3 aromatic rings. The zero-order valence-corrected chi connectivity index (χ0v) is 17.4. The van der Waals surface area contributed by atoms with E-state index in [1.165, 1.54) is 18.2 Å². The number of rotatable bonds is 7. The first kappa shape index (κ1) is 23.3. The molecule has 0 bridgehead atoms. The van der Waals surface area contributed by atoms with Crippen molar-refractivity contribution in [1.29, 1.82) is 0 Å². The van der Waals surface area contributed by atoms with E-state index in [1.54, 1.807) is 18.2 Å². The number of aromatic nitrogens is 2. The van der Waals surface area contributed by atoms with Crippen molar-refractivity contribution in [1.82, 2.24) is 15.3 Å². The maximum atomic E-state index is 12.6. The SMILES string of the molecule is CC(C)c1nc2c(CCNC(=O)CO)cc(-c3cccc(OC(F)(F)F)c3)cc2[nH]c1=O. The zero-order chi connectivity index (χ0) is 23.5. The number of carbonyl (C=O) groups is 1. The molecule has 0 aliphatic heterocycles. The lowest BCUT2D eigenvalue weighted by Gasteiger charge is -2.14. The summed E-state index contributed by atoms with van der Waals surface area (Å²) in [5.41, 5.74) is 2.62. The first-order chi connectivity index (χ1) is 15.1. The van der Waals surface area contributed by atoms with Crippen LogP contribution in [0.3, 0.4) is 0 Å². The average Bonchev–Trinajstić information content (AvgIpc) is 2.71. The van der Waals surface area contributed by atoms with Crippen molar-refractivity contribution in [3.05, 3.63) is 58.0 Å². The molecule has 1 heterocycles. The van der Waals surface area contributed by atoms with Crippen molar-refractivity contribution in [2.45, 2.75) is 32.5 Å². The van der Waals surface area contributed by atoms with E-state index in [4.69, 9.17) is 5.11 Å². The van der Waals surface area contributed by atoms with Gasteiger partial charge in [0.05, 0.1) is 11.0 Å². The fraction of sp³-hybridized carbons (Fsp3) is 0.318. The quantitative estimate of drug-likeness (QED) is 0.514. The number of nitrogens with zero attached hydrogens (tertiary/aromatic N) is 1. The van der Waals surface area contributed by atoms with Crippen molar-refractivity contribution >= 4 is 16.9 Å². The van der Waals surface area contributed by atoms with Crippen LogP contribution in [0.5, 0.6) is 5.75 Å². The number of fused-ring (bicyclic) bond motifs is 1. The summed E-state index contributed by atoms with van der Waals surface area (Å²) in [6, 6.07) is 8.88. The normalized spacial score (nSPS) is 11.7. The summed E-state index contributed by atoms with van der Waals surface area (Å²) in [5.74, 6) is -1.03. The Morgan fingerprint density at radius 2 is 1.97 bits per heavy atom. The second kappa shape index (κ2) is 9.39. The van der Waals surface area contributed by atoms with Gasteiger partial charge in [0.1, 0.15) is 18.1 Å². The number of aromatic amines is 1. The molecule has 0 fully saturated rings. The van der Waals surface area contributed by atoms with E-state index < -0.39 is 18.9 Å². The van der Waals surface area contributed by atoms with Crippen molar-refractivity contribution in [3.63, 3.8) is 0 Å². The summed E-state index contributed by atoms with van der Waals surface area (Å²) in [6.07, 6.45) is -4.49. The maximum Gasteiger partial charge on any atom is 0.573 e. The Bertz CT molecular complexity index is 1190. The lowest BCUT2D eigenvalue weighted by Crippen LogP contribution is -2.28. The third-order valence-corrected chi connectivity index (χ3v) is 4.71. The smallest absolute Gasteiger partial charge is 0.406 e. The van der Waals surface area contributed by atoms with Crippen molar-refractivity contribution in [2.24, 2.45) is 0 Å². The lowest BCUT2D eigenvalue weighted by molar-refractivity contribution is -0.274. The van der Waals surface area contributed by atoms with Gasteiger partial charge < -0.3 is 20.1 Å². The molecule has 3 rings (SSSR count). The topological polar surface area (TPSA) is 104 Å². The molecule has 0 saturated heterocycles. The lowest BCUT2D eigenvalue weighted by atomic mass is 9.99. The van der Waals surface area contributed by atoms with Gasteiger partial charge >= 0.3 is 6.36 Å². The van der Waals surface area contributed by atoms with E-state index >= 15 is 0 Å². The molecule has 7 nitrogen and oxygen atoms in total. The van der Waals surface area contributed by atoms with Gasteiger partial charge in [0.15, 0.2) is 0 Å². The van der Waals surface area contributed by atoms with E-state index in [0.717, 1.165) is 0 Å². The van der Waals surface area contributed by atoms with E-state index in [9.17, 15) is 22.8 Å². The number of halogens is 3. The summed E-state index contributed by atoms with van der Waals surface area (Å²) < 4.78 is 41.8. The number of aliphatic hydroxyl groups excluding tert-OH is 1. The van der Waals surface area contributed by atoms with Crippen LogP contribution in [-0.4, -0.2) is 40.5 Å². The van der Waals surface area contributed by atoms with Crippen LogP contribution < -0.4 is 15.6 Å². The van der Waals surface area contributed by atoms with Gasteiger partial charge in [0.25, 0.3) is 5.56 Å². The minimum absolute atomic E-state index is 0.124. The Labute approximate surface area is 181 Å². The predicted molar refractivity (Wildman–Crippen MR) is 112 cm³/mol. The number of benzene rings is 2. The number of hydrogen-bond donors (Lipinski definition) is 3. The second-order valence-corrected chi connectivity index (χ2v) is 7.47. The molecule has 2 aromatic carbocycles. The first-order valence-corrected chi connectivity index (χ1v) is 9.88. The number of aliphatic hydroxyl groups is 1. The van der Waals surface area contributed by atoms with Gasteiger partial charge in [-0.15, -0.1) is 13.2 Å². The summed E-state index contributed by atoms with van der Waals surface area (Å²) in [4.78, 5) is 31.1. The van der Waals surface area contributed by atoms with Gasteiger partial charge in [-0.05, 0) is 47.4 Å². The number of amides is 1. The van der Waals surface area contributed by atoms with E-state index in [0.29, 0.717) is 39.8 Å². The van der Waals surface area contributed by atoms with E-state index in [-0.39, 0.29) is 23.8 Å². The van der Waals surface area contributed by atoms with Crippen LogP contribution in [-0.2, 0) is 11.2 Å². The van der Waals surface area contributed by atoms with Crippen molar-refractivity contribution < 1.29 is 27.8 Å². The molecular weight excluding hydrogens is 427 g/mol. The summed E-state index contributed by atoms with van der Waals surface area (Å²) in [7, 11) is 0. The van der Waals surface area contributed by atoms with Crippen LogP contribution in [0.4, 0.5) is 13.2 Å². The molecule has 32 heavy (non-hydrogen) atoms. The predicted octanol–water partition coefficient (Wildman–Crippen LogP) is 3.26. The minimum atomic E-state index is -4.82. The van der Waals surface area contributed by atoms with E-state index in [2.05, 4.69) is 20.0 Å². The molecule has 1 amide bonds. The van der Waals surface area contributed by atoms with Gasteiger partial charge in [-0.3, -0.25) is 9.59 Å². The Kier molecular flexibility index (Phi) is 6.83. The van der Waals surface area contributed by atoms with Crippen molar-refractivity contribution in [3.8, 4) is 16.9 Å². The average molecular weight is 449 g/mol. The van der Waals surface area contributed by atoms with E-state index in [1.807, 2.05) is 13.8 Å². The van der Waals surface area contributed by atoms with Crippen LogP contribution in [0.1, 0.15) is 31.0 Å². The van der Waals surface area contributed by atoms with Gasteiger partial charge in [-0.2, -0.15) is 0 Å². The Balaban J connectivity index is 2.09. The molecule has 170 valence electrons. The Morgan fingerprint density at radius 1 is 1.22 bits per heavy atom. The van der Waals surface area contributed by atoms with Crippen LogP contribution in [0, 0.1) is 0 Å². The highest BCUT2D eigenvalue weighted by molar-refractivity contribution is 5.85. The van der Waals surface area contributed by atoms with Crippen molar-refractivity contribution in [2.75, 3.05) is 13.2 Å². The Morgan fingerprint density at radius 3 is 2.62 bits per heavy atom. The summed E-state index contributed by atoms with van der Waals surface area (Å²) >= 11 is 0. The molecule has 0 saturated carbocycles. The standard InChI is InChI=1S/C22H22F3N3O4/c1-12(2)19-21(31)27-17-10-15(13-4-3-5-16(9-13)32-22(23,24)25)8-14(20(17)28-19)6-7-26-18(30)11-29/h3-5,8-10,12,29H,6-7,11H2,1-2H3,(H,26,30)(H,27,31). The summed E-state index contributed by atoms with van der Waals surface area (Å²) in [6.45, 7) is 3.24. The molecule has 0 radical (unpaired) electrons. The number of H-pyrrole nitrogens is 1. The molecule has 0 unspecified atom stereocenters. The zero-order valence-electron chi connectivity index (χ0n) is 17.4.